The Morgan fingerprint density at radius 1 is 1.39 bits per heavy atom. The second kappa shape index (κ2) is 6.74. The molecule has 0 heterocycles. The molecule has 100 valence electrons. The zero-order valence-corrected chi connectivity index (χ0v) is 11.0. The van der Waals surface area contributed by atoms with Crippen molar-refractivity contribution in [1.29, 1.82) is 0 Å². The minimum Gasteiger partial charge on any atom is -0.493 e. The first-order valence-corrected chi connectivity index (χ1v) is 6.91. The summed E-state index contributed by atoms with van der Waals surface area (Å²) in [4.78, 5) is 0. The molecule has 0 aromatic heterocycles. The molecule has 2 nitrogen and oxygen atoms in total. The summed E-state index contributed by atoms with van der Waals surface area (Å²) >= 11 is 0. The van der Waals surface area contributed by atoms with E-state index >= 15 is 0 Å². The highest BCUT2D eigenvalue weighted by atomic mass is 19.1. The monoisotopic (exact) mass is 251 g/mol. The molecule has 0 aliphatic heterocycles. The molecular formula is C15H22FNO. The van der Waals surface area contributed by atoms with Gasteiger partial charge in [0.1, 0.15) is 11.6 Å². The van der Waals surface area contributed by atoms with Crippen molar-refractivity contribution in [3.63, 3.8) is 0 Å². The van der Waals surface area contributed by atoms with Gasteiger partial charge in [0, 0.05) is 12.1 Å². The molecule has 1 N–H and O–H groups in total. The maximum Gasteiger partial charge on any atom is 0.123 e. The normalized spacial score (nSPS) is 14.8. The molecule has 0 saturated heterocycles. The van der Waals surface area contributed by atoms with E-state index < -0.39 is 0 Å². The van der Waals surface area contributed by atoms with Gasteiger partial charge in [0.15, 0.2) is 0 Å². The van der Waals surface area contributed by atoms with E-state index in [1.165, 1.54) is 18.9 Å². The Labute approximate surface area is 109 Å². The second-order valence-corrected chi connectivity index (χ2v) is 5.01. The van der Waals surface area contributed by atoms with Crippen molar-refractivity contribution in [2.24, 2.45) is 5.92 Å². The minimum atomic E-state index is -0.196. The molecule has 1 aliphatic carbocycles. The fraction of sp³-hybridized carbons (Fsp3) is 0.600. The summed E-state index contributed by atoms with van der Waals surface area (Å²) in [7, 11) is 0. The molecule has 0 unspecified atom stereocenters. The van der Waals surface area contributed by atoms with E-state index in [0.717, 1.165) is 43.2 Å². The average molecular weight is 251 g/mol. The van der Waals surface area contributed by atoms with E-state index in [9.17, 15) is 4.39 Å². The number of hydrogen-bond donors (Lipinski definition) is 1. The third-order valence-corrected chi connectivity index (χ3v) is 3.25. The topological polar surface area (TPSA) is 21.3 Å². The molecular weight excluding hydrogens is 229 g/mol. The third kappa shape index (κ3) is 4.30. The number of rotatable bonds is 8. The van der Waals surface area contributed by atoms with E-state index in [2.05, 4.69) is 12.2 Å². The Bertz CT molecular complexity index is 377. The Hall–Kier alpha value is -1.09. The van der Waals surface area contributed by atoms with Gasteiger partial charge in [0.05, 0.1) is 6.61 Å². The number of ether oxygens (including phenoxy) is 1. The first-order valence-electron chi connectivity index (χ1n) is 6.91. The molecule has 18 heavy (non-hydrogen) atoms. The van der Waals surface area contributed by atoms with E-state index in [4.69, 9.17) is 4.74 Å². The molecule has 3 heteroatoms. The van der Waals surface area contributed by atoms with Crippen LogP contribution in [0.1, 0.15) is 38.2 Å². The van der Waals surface area contributed by atoms with Crippen LogP contribution in [0.4, 0.5) is 4.39 Å². The third-order valence-electron chi connectivity index (χ3n) is 3.25. The highest BCUT2D eigenvalue weighted by Gasteiger charge is 2.20. The van der Waals surface area contributed by atoms with Crippen LogP contribution >= 0.6 is 0 Å². The lowest BCUT2D eigenvalue weighted by atomic mass is 10.2. The standard InChI is InChI=1S/C15H22FNO/c1-2-8-17-11-13-10-14(16)5-6-15(13)18-9-7-12-3-4-12/h5-6,10,12,17H,2-4,7-9,11H2,1H3. The van der Waals surface area contributed by atoms with Crippen molar-refractivity contribution in [3.05, 3.63) is 29.6 Å². The second-order valence-electron chi connectivity index (χ2n) is 5.01. The number of nitrogens with one attached hydrogen (secondary N) is 1. The molecule has 1 fully saturated rings. The van der Waals surface area contributed by atoms with Crippen LogP contribution in [0.2, 0.25) is 0 Å². The van der Waals surface area contributed by atoms with Crippen LogP contribution < -0.4 is 10.1 Å². The van der Waals surface area contributed by atoms with Crippen molar-refractivity contribution < 1.29 is 9.13 Å². The van der Waals surface area contributed by atoms with Crippen LogP contribution in [-0.2, 0) is 6.54 Å². The van der Waals surface area contributed by atoms with Gasteiger partial charge in [-0.1, -0.05) is 19.8 Å². The Morgan fingerprint density at radius 2 is 2.22 bits per heavy atom. The van der Waals surface area contributed by atoms with Crippen LogP contribution in [0.3, 0.4) is 0 Å². The predicted octanol–water partition coefficient (Wildman–Crippen LogP) is 3.50. The summed E-state index contributed by atoms with van der Waals surface area (Å²) in [6.45, 7) is 4.48. The smallest absolute Gasteiger partial charge is 0.123 e. The molecule has 1 aromatic carbocycles. The van der Waals surface area contributed by atoms with Crippen molar-refractivity contribution in [1.82, 2.24) is 5.32 Å². The largest absolute Gasteiger partial charge is 0.493 e. The zero-order chi connectivity index (χ0) is 12.8. The maximum atomic E-state index is 13.2. The summed E-state index contributed by atoms with van der Waals surface area (Å²) in [6.07, 6.45) is 4.89. The molecule has 1 aliphatic rings. The van der Waals surface area contributed by atoms with Gasteiger partial charge in [-0.15, -0.1) is 0 Å². The van der Waals surface area contributed by atoms with Gasteiger partial charge in [-0.2, -0.15) is 0 Å². The number of halogens is 1. The van der Waals surface area contributed by atoms with Crippen LogP contribution in [0.25, 0.3) is 0 Å². The summed E-state index contributed by atoms with van der Waals surface area (Å²) in [6, 6.07) is 4.77. The predicted molar refractivity (Wildman–Crippen MR) is 71.2 cm³/mol. The van der Waals surface area contributed by atoms with Crippen molar-refractivity contribution in [2.75, 3.05) is 13.2 Å². The van der Waals surface area contributed by atoms with Crippen molar-refractivity contribution in [3.8, 4) is 5.75 Å². The fourth-order valence-corrected chi connectivity index (χ4v) is 1.97. The van der Waals surface area contributed by atoms with Gasteiger partial charge in [-0.25, -0.2) is 4.39 Å². The van der Waals surface area contributed by atoms with Gasteiger partial charge in [0.2, 0.25) is 0 Å². The SMILES string of the molecule is CCCNCc1cc(F)ccc1OCCC1CC1. The maximum absolute atomic E-state index is 13.2. The van der Waals surface area contributed by atoms with Gasteiger partial charge in [0.25, 0.3) is 0 Å². The van der Waals surface area contributed by atoms with Crippen LogP contribution in [-0.4, -0.2) is 13.2 Å². The molecule has 1 aromatic rings. The van der Waals surface area contributed by atoms with Crippen LogP contribution in [0.5, 0.6) is 5.75 Å². The van der Waals surface area contributed by atoms with Gasteiger partial charge < -0.3 is 10.1 Å². The Morgan fingerprint density at radius 3 is 2.94 bits per heavy atom. The average Bonchev–Trinajstić information content (AvgIpc) is 3.16. The number of benzene rings is 1. The van der Waals surface area contributed by atoms with Crippen molar-refractivity contribution in [2.45, 2.75) is 39.2 Å². The summed E-state index contributed by atoms with van der Waals surface area (Å²) in [5.74, 6) is 1.49. The number of hydrogen-bond acceptors (Lipinski definition) is 2. The molecule has 0 spiro atoms. The molecule has 2 rings (SSSR count). The lowest BCUT2D eigenvalue weighted by Gasteiger charge is -2.12. The highest BCUT2D eigenvalue weighted by molar-refractivity contribution is 5.33. The minimum absolute atomic E-state index is 0.196. The van der Waals surface area contributed by atoms with E-state index in [0.29, 0.717) is 6.54 Å². The van der Waals surface area contributed by atoms with Crippen LogP contribution in [0.15, 0.2) is 18.2 Å². The summed E-state index contributed by atoms with van der Waals surface area (Å²) < 4.78 is 19.0. The molecule has 0 atom stereocenters. The van der Waals surface area contributed by atoms with Crippen LogP contribution in [0, 0.1) is 11.7 Å². The summed E-state index contributed by atoms with van der Waals surface area (Å²) in [5, 5.41) is 3.28. The molecule has 1 saturated carbocycles. The first kappa shape index (κ1) is 13.3. The zero-order valence-electron chi connectivity index (χ0n) is 11.0. The molecule has 0 amide bonds. The fourth-order valence-electron chi connectivity index (χ4n) is 1.97. The van der Waals surface area contributed by atoms with Gasteiger partial charge >= 0.3 is 0 Å². The van der Waals surface area contributed by atoms with Gasteiger partial charge in [-0.05, 0) is 43.5 Å². The van der Waals surface area contributed by atoms with E-state index in [1.807, 2.05) is 0 Å². The first-order chi connectivity index (χ1) is 8.79. The summed E-state index contributed by atoms with van der Waals surface area (Å²) in [5.41, 5.74) is 0.916. The Balaban J connectivity index is 1.88. The van der Waals surface area contributed by atoms with Gasteiger partial charge in [-0.3, -0.25) is 0 Å². The molecule has 0 bridgehead atoms. The van der Waals surface area contributed by atoms with E-state index in [1.54, 1.807) is 12.1 Å². The molecule has 0 radical (unpaired) electrons. The van der Waals surface area contributed by atoms with Crippen molar-refractivity contribution >= 4 is 0 Å². The van der Waals surface area contributed by atoms with E-state index in [-0.39, 0.29) is 5.82 Å². The lowest BCUT2D eigenvalue weighted by molar-refractivity contribution is 0.298. The highest BCUT2D eigenvalue weighted by Crippen LogP contribution is 2.32. The quantitative estimate of drug-likeness (QED) is 0.714. The Kier molecular flexibility index (Phi) is 5.00. The lowest BCUT2D eigenvalue weighted by Crippen LogP contribution is -2.15.